The van der Waals surface area contributed by atoms with Crippen LogP contribution in [-0.4, -0.2) is 60.5 Å². The van der Waals surface area contributed by atoms with E-state index in [4.69, 9.17) is 4.74 Å². The van der Waals surface area contributed by atoms with E-state index in [2.05, 4.69) is 5.32 Å². The number of carbonyl (C=O) groups is 2. The summed E-state index contributed by atoms with van der Waals surface area (Å²) in [7, 11) is 0. The van der Waals surface area contributed by atoms with Gasteiger partial charge in [0.2, 0.25) is 0 Å². The first-order valence-corrected chi connectivity index (χ1v) is 11.1. The zero-order chi connectivity index (χ0) is 25.2. The summed E-state index contributed by atoms with van der Waals surface area (Å²) >= 11 is 0. The third kappa shape index (κ3) is 5.53. The van der Waals surface area contributed by atoms with Crippen LogP contribution in [0.4, 0.5) is 30.2 Å². The summed E-state index contributed by atoms with van der Waals surface area (Å²) < 4.78 is 44.3. The van der Waals surface area contributed by atoms with Crippen LogP contribution in [0.2, 0.25) is 0 Å². The van der Waals surface area contributed by atoms with Crippen molar-refractivity contribution in [2.45, 2.75) is 25.1 Å². The highest BCUT2D eigenvalue weighted by atomic mass is 19.4. The molecule has 0 aliphatic carbocycles. The van der Waals surface area contributed by atoms with Crippen LogP contribution in [0.3, 0.4) is 0 Å². The number of alkyl halides is 3. The van der Waals surface area contributed by atoms with Crippen LogP contribution < -0.4 is 10.2 Å². The van der Waals surface area contributed by atoms with E-state index in [1.807, 2.05) is 0 Å². The molecule has 2 aromatic carbocycles. The number of rotatable bonds is 5. The summed E-state index contributed by atoms with van der Waals surface area (Å²) in [5, 5.41) is 14.2. The van der Waals surface area contributed by atoms with Crippen LogP contribution in [0, 0.1) is 10.1 Å². The fourth-order valence-electron chi connectivity index (χ4n) is 4.18. The lowest BCUT2D eigenvalue weighted by Gasteiger charge is -2.36. The number of piperazine rings is 1. The van der Waals surface area contributed by atoms with Crippen molar-refractivity contribution in [2.75, 3.05) is 43.0 Å². The molecular formula is C23H23F3N4O5. The minimum atomic E-state index is -4.69. The van der Waals surface area contributed by atoms with Gasteiger partial charge in [-0.15, -0.1) is 0 Å². The van der Waals surface area contributed by atoms with Crippen molar-refractivity contribution < 1.29 is 32.4 Å². The normalized spacial score (nSPS) is 18.4. The highest BCUT2D eigenvalue weighted by molar-refractivity contribution is 5.98. The van der Waals surface area contributed by atoms with Crippen LogP contribution >= 0.6 is 0 Å². The van der Waals surface area contributed by atoms with E-state index in [0.29, 0.717) is 30.3 Å². The van der Waals surface area contributed by atoms with E-state index in [0.717, 1.165) is 18.6 Å². The number of nitrogens with zero attached hydrogens (tertiary/aromatic N) is 3. The minimum Gasteiger partial charge on any atom is -0.368 e. The lowest BCUT2D eigenvalue weighted by atomic mass is 10.1. The summed E-state index contributed by atoms with van der Waals surface area (Å²) in [5.41, 5.74) is -0.809. The van der Waals surface area contributed by atoms with Crippen LogP contribution in [0.25, 0.3) is 0 Å². The second kappa shape index (κ2) is 9.90. The Morgan fingerprint density at radius 2 is 1.83 bits per heavy atom. The molecule has 0 spiro atoms. The monoisotopic (exact) mass is 492 g/mol. The van der Waals surface area contributed by atoms with Crippen molar-refractivity contribution in [1.29, 1.82) is 0 Å². The maximum Gasteiger partial charge on any atom is 0.416 e. The minimum absolute atomic E-state index is 0.0777. The van der Waals surface area contributed by atoms with Crippen LogP contribution in [-0.2, 0) is 15.7 Å². The summed E-state index contributed by atoms with van der Waals surface area (Å²) in [6.45, 7) is 1.42. The van der Waals surface area contributed by atoms with Gasteiger partial charge in [-0.2, -0.15) is 13.2 Å². The van der Waals surface area contributed by atoms with E-state index in [1.165, 1.54) is 0 Å². The highest BCUT2D eigenvalue weighted by Gasteiger charge is 2.34. The molecule has 2 aromatic rings. The highest BCUT2D eigenvalue weighted by Crippen LogP contribution is 2.36. The Bertz CT molecular complexity index is 1130. The van der Waals surface area contributed by atoms with Crippen molar-refractivity contribution in [3.63, 3.8) is 0 Å². The number of anilines is 2. The Morgan fingerprint density at radius 1 is 1.09 bits per heavy atom. The SMILES string of the molecule is O=C(Nc1cccc(C(=O)N2CCN(c3ccc(C(F)(F)F)cc3[N+](=O)[O-])CC2)c1)C1CCCO1. The first-order chi connectivity index (χ1) is 16.6. The second-order valence-corrected chi connectivity index (χ2v) is 8.31. The average Bonchev–Trinajstić information content (AvgIpc) is 3.38. The first kappa shape index (κ1) is 24.5. The van der Waals surface area contributed by atoms with Gasteiger partial charge >= 0.3 is 6.18 Å². The number of hydrogen-bond donors (Lipinski definition) is 1. The van der Waals surface area contributed by atoms with E-state index >= 15 is 0 Å². The third-order valence-corrected chi connectivity index (χ3v) is 6.01. The number of ether oxygens (including phenoxy) is 1. The average molecular weight is 492 g/mol. The molecule has 0 radical (unpaired) electrons. The Kier molecular flexibility index (Phi) is 6.92. The number of nitro groups is 1. The zero-order valence-corrected chi connectivity index (χ0v) is 18.6. The number of nitrogens with one attached hydrogen (secondary N) is 1. The standard InChI is InChI=1S/C23H23F3N4O5/c24-23(25,26)16-6-7-18(19(14-16)30(33)34)28-8-10-29(11-9-28)22(32)15-3-1-4-17(13-15)27-21(31)20-5-2-12-35-20/h1,3-4,6-7,13-14,20H,2,5,8-12H2,(H,27,31). The molecule has 35 heavy (non-hydrogen) atoms. The molecule has 0 saturated carbocycles. The van der Waals surface area contributed by atoms with Crippen molar-refractivity contribution in [2.24, 2.45) is 0 Å². The van der Waals surface area contributed by atoms with Crippen molar-refractivity contribution in [3.8, 4) is 0 Å². The zero-order valence-electron chi connectivity index (χ0n) is 18.6. The smallest absolute Gasteiger partial charge is 0.368 e. The summed E-state index contributed by atoms with van der Waals surface area (Å²) in [6.07, 6.45) is -3.73. The lowest BCUT2D eigenvalue weighted by molar-refractivity contribution is -0.384. The molecule has 2 aliphatic heterocycles. The van der Waals surface area contributed by atoms with Crippen LogP contribution in [0.1, 0.15) is 28.8 Å². The molecule has 0 bridgehead atoms. The quantitative estimate of drug-likeness (QED) is 0.504. The Morgan fingerprint density at radius 3 is 2.46 bits per heavy atom. The van der Waals surface area contributed by atoms with Gasteiger partial charge in [-0.05, 0) is 43.2 Å². The Labute approximate surface area is 198 Å². The Hall–Kier alpha value is -3.67. The Balaban J connectivity index is 1.41. The molecule has 1 unspecified atom stereocenters. The van der Waals surface area contributed by atoms with E-state index in [9.17, 15) is 32.9 Å². The van der Waals surface area contributed by atoms with Gasteiger partial charge in [0.1, 0.15) is 11.8 Å². The predicted molar refractivity (Wildman–Crippen MR) is 120 cm³/mol. The second-order valence-electron chi connectivity index (χ2n) is 8.31. The van der Waals surface area contributed by atoms with E-state index in [1.54, 1.807) is 34.1 Å². The lowest BCUT2D eigenvalue weighted by Crippen LogP contribution is -2.49. The summed E-state index contributed by atoms with van der Waals surface area (Å²) in [6, 6.07) is 8.96. The molecule has 0 aromatic heterocycles. The topological polar surface area (TPSA) is 105 Å². The fourth-order valence-corrected chi connectivity index (χ4v) is 4.18. The van der Waals surface area contributed by atoms with Crippen LogP contribution in [0.5, 0.6) is 0 Å². The van der Waals surface area contributed by atoms with Crippen molar-refractivity contribution in [3.05, 3.63) is 63.7 Å². The fraction of sp³-hybridized carbons (Fsp3) is 0.391. The number of benzene rings is 2. The molecule has 2 saturated heterocycles. The van der Waals surface area contributed by atoms with Gasteiger partial charge in [-0.3, -0.25) is 19.7 Å². The van der Waals surface area contributed by atoms with Gasteiger partial charge in [0.15, 0.2) is 0 Å². The maximum absolute atomic E-state index is 13.0. The van der Waals surface area contributed by atoms with Crippen molar-refractivity contribution >= 4 is 28.9 Å². The molecule has 4 rings (SSSR count). The third-order valence-electron chi connectivity index (χ3n) is 6.01. The van der Waals surface area contributed by atoms with Gasteiger partial charge in [0, 0.05) is 50.1 Å². The number of nitro benzene ring substituents is 1. The number of amides is 2. The van der Waals surface area contributed by atoms with E-state index < -0.39 is 28.5 Å². The molecule has 12 heteroatoms. The molecule has 2 amide bonds. The van der Waals surface area contributed by atoms with E-state index in [-0.39, 0.29) is 43.7 Å². The molecule has 2 heterocycles. The first-order valence-electron chi connectivity index (χ1n) is 11.1. The van der Waals surface area contributed by atoms with Gasteiger partial charge in [-0.25, -0.2) is 0 Å². The number of hydrogen-bond acceptors (Lipinski definition) is 6. The molecule has 186 valence electrons. The molecule has 2 fully saturated rings. The van der Waals surface area contributed by atoms with Crippen molar-refractivity contribution in [1.82, 2.24) is 4.90 Å². The van der Waals surface area contributed by atoms with Gasteiger partial charge < -0.3 is 19.9 Å². The molecule has 2 aliphatic rings. The van der Waals surface area contributed by atoms with Crippen LogP contribution in [0.15, 0.2) is 42.5 Å². The molecule has 9 nitrogen and oxygen atoms in total. The maximum atomic E-state index is 13.0. The summed E-state index contributed by atoms with van der Waals surface area (Å²) in [5.74, 6) is -0.543. The largest absolute Gasteiger partial charge is 0.416 e. The summed E-state index contributed by atoms with van der Waals surface area (Å²) in [4.78, 5) is 39.0. The van der Waals surface area contributed by atoms with Gasteiger partial charge in [-0.1, -0.05) is 6.07 Å². The molecular weight excluding hydrogens is 469 g/mol. The number of carbonyl (C=O) groups excluding carboxylic acids is 2. The van der Waals surface area contributed by atoms with Gasteiger partial charge in [0.05, 0.1) is 10.5 Å². The molecule has 1 N–H and O–H groups in total. The van der Waals surface area contributed by atoms with Gasteiger partial charge in [0.25, 0.3) is 17.5 Å². The number of halogens is 3. The molecule has 1 atom stereocenters. The predicted octanol–water partition coefficient (Wildman–Crippen LogP) is 3.69.